The molecule has 1 rings (SSSR count). The molecule has 0 atom stereocenters. The van der Waals surface area contributed by atoms with Crippen LogP contribution in [0.3, 0.4) is 0 Å². The van der Waals surface area contributed by atoms with Crippen LogP contribution >= 0.6 is 0 Å². The molecule has 0 bridgehead atoms. The third-order valence-corrected chi connectivity index (χ3v) is 2.39. The summed E-state index contributed by atoms with van der Waals surface area (Å²) in [5.41, 5.74) is 0.742. The molecule has 0 unspecified atom stereocenters. The van der Waals surface area contributed by atoms with Crippen molar-refractivity contribution in [3.8, 4) is 0 Å². The van der Waals surface area contributed by atoms with E-state index in [2.05, 4.69) is 20.5 Å². The fourth-order valence-electron chi connectivity index (χ4n) is 1.43. The van der Waals surface area contributed by atoms with E-state index in [4.69, 9.17) is 0 Å². The zero-order chi connectivity index (χ0) is 13.4. The van der Waals surface area contributed by atoms with Gasteiger partial charge in [-0.25, -0.2) is 4.98 Å². The van der Waals surface area contributed by atoms with Crippen molar-refractivity contribution in [2.75, 3.05) is 37.8 Å². The predicted molar refractivity (Wildman–Crippen MR) is 74.8 cm³/mol. The minimum absolute atomic E-state index is 0.0348. The van der Waals surface area contributed by atoms with Crippen molar-refractivity contribution in [1.29, 1.82) is 0 Å². The summed E-state index contributed by atoms with van der Waals surface area (Å²) in [4.78, 5) is 17.7. The molecule has 2 N–H and O–H groups in total. The fourth-order valence-corrected chi connectivity index (χ4v) is 1.43. The van der Waals surface area contributed by atoms with E-state index in [1.807, 2.05) is 33.2 Å². The zero-order valence-corrected chi connectivity index (χ0v) is 11.4. The van der Waals surface area contributed by atoms with Crippen LogP contribution in [0.4, 0.5) is 11.5 Å². The largest absolute Gasteiger partial charge is 0.369 e. The van der Waals surface area contributed by atoms with Gasteiger partial charge in [0.15, 0.2) is 0 Å². The number of carbonyl (C=O) groups excluding carboxylic acids is 1. The van der Waals surface area contributed by atoms with Crippen molar-refractivity contribution in [3.63, 3.8) is 0 Å². The Labute approximate surface area is 109 Å². The van der Waals surface area contributed by atoms with Crippen molar-refractivity contribution in [1.82, 2.24) is 9.88 Å². The van der Waals surface area contributed by atoms with E-state index in [0.29, 0.717) is 6.42 Å². The molecule has 100 valence electrons. The first-order chi connectivity index (χ1) is 8.61. The van der Waals surface area contributed by atoms with Gasteiger partial charge in [0.25, 0.3) is 0 Å². The van der Waals surface area contributed by atoms with Crippen LogP contribution in [-0.4, -0.2) is 43.0 Å². The highest BCUT2D eigenvalue weighted by molar-refractivity contribution is 5.90. The van der Waals surface area contributed by atoms with E-state index < -0.39 is 0 Å². The predicted octanol–water partition coefficient (Wildman–Crippen LogP) is 1.79. The first-order valence-corrected chi connectivity index (χ1v) is 6.26. The van der Waals surface area contributed by atoms with Gasteiger partial charge in [-0.15, -0.1) is 0 Å². The standard InChI is InChI=1S/C13H22N4O/c1-4-5-13(18)16-11-6-7-12(15-10-11)14-8-9-17(2)3/h6-7,10H,4-5,8-9H2,1-3H3,(H,14,15)(H,16,18). The summed E-state index contributed by atoms with van der Waals surface area (Å²) in [6.07, 6.45) is 3.07. The average Bonchev–Trinajstić information content (AvgIpc) is 2.31. The summed E-state index contributed by atoms with van der Waals surface area (Å²) in [7, 11) is 4.06. The number of carbonyl (C=O) groups is 1. The monoisotopic (exact) mass is 250 g/mol. The quantitative estimate of drug-likeness (QED) is 0.774. The van der Waals surface area contributed by atoms with Crippen LogP contribution in [-0.2, 0) is 4.79 Å². The van der Waals surface area contributed by atoms with Gasteiger partial charge in [-0.3, -0.25) is 4.79 Å². The number of aromatic nitrogens is 1. The Bertz CT molecular complexity index is 362. The smallest absolute Gasteiger partial charge is 0.224 e. The number of rotatable bonds is 7. The third kappa shape index (κ3) is 5.63. The lowest BCUT2D eigenvalue weighted by atomic mass is 10.3. The minimum atomic E-state index is 0.0348. The third-order valence-electron chi connectivity index (χ3n) is 2.39. The van der Waals surface area contributed by atoms with E-state index in [1.165, 1.54) is 0 Å². The molecular weight excluding hydrogens is 228 g/mol. The van der Waals surface area contributed by atoms with Crippen LogP contribution in [0.5, 0.6) is 0 Å². The van der Waals surface area contributed by atoms with Crippen molar-refractivity contribution >= 4 is 17.4 Å². The lowest BCUT2D eigenvalue weighted by Crippen LogP contribution is -2.21. The zero-order valence-electron chi connectivity index (χ0n) is 11.4. The number of pyridine rings is 1. The maximum atomic E-state index is 11.4. The fraction of sp³-hybridized carbons (Fsp3) is 0.538. The van der Waals surface area contributed by atoms with Crippen LogP contribution in [0.2, 0.25) is 0 Å². The number of anilines is 2. The molecule has 1 aromatic heterocycles. The summed E-state index contributed by atoms with van der Waals surface area (Å²) < 4.78 is 0. The molecule has 1 aromatic rings. The van der Waals surface area contributed by atoms with Gasteiger partial charge in [0.2, 0.25) is 5.91 Å². The van der Waals surface area contributed by atoms with Crippen molar-refractivity contribution < 1.29 is 4.79 Å². The summed E-state index contributed by atoms with van der Waals surface area (Å²) in [6.45, 7) is 3.79. The molecular formula is C13H22N4O. The Kier molecular flexibility index (Phi) is 6.14. The molecule has 1 heterocycles. The molecule has 0 spiro atoms. The second-order valence-electron chi connectivity index (χ2n) is 4.46. The lowest BCUT2D eigenvalue weighted by Gasteiger charge is -2.11. The normalized spacial score (nSPS) is 10.4. The van der Waals surface area contributed by atoms with Crippen LogP contribution in [0, 0.1) is 0 Å². The Morgan fingerprint density at radius 3 is 2.72 bits per heavy atom. The van der Waals surface area contributed by atoms with Gasteiger partial charge in [0.1, 0.15) is 5.82 Å². The first-order valence-electron chi connectivity index (χ1n) is 6.26. The van der Waals surface area contributed by atoms with Gasteiger partial charge in [-0.1, -0.05) is 6.92 Å². The number of hydrogen-bond acceptors (Lipinski definition) is 4. The summed E-state index contributed by atoms with van der Waals surface area (Å²) in [6, 6.07) is 3.73. The van der Waals surface area contributed by atoms with E-state index in [0.717, 1.165) is 31.0 Å². The van der Waals surface area contributed by atoms with Crippen LogP contribution in [0.25, 0.3) is 0 Å². The van der Waals surface area contributed by atoms with Crippen LogP contribution in [0.15, 0.2) is 18.3 Å². The number of likely N-dealkylation sites (N-methyl/N-ethyl adjacent to an activating group) is 1. The second-order valence-corrected chi connectivity index (χ2v) is 4.46. The van der Waals surface area contributed by atoms with Crippen LogP contribution < -0.4 is 10.6 Å². The molecule has 18 heavy (non-hydrogen) atoms. The van der Waals surface area contributed by atoms with E-state index in [1.54, 1.807) is 6.20 Å². The Morgan fingerprint density at radius 2 is 2.17 bits per heavy atom. The van der Waals surface area contributed by atoms with Gasteiger partial charge in [0, 0.05) is 19.5 Å². The highest BCUT2D eigenvalue weighted by atomic mass is 16.1. The number of nitrogens with zero attached hydrogens (tertiary/aromatic N) is 2. The van der Waals surface area contributed by atoms with E-state index >= 15 is 0 Å². The van der Waals surface area contributed by atoms with Gasteiger partial charge in [-0.05, 0) is 32.6 Å². The Balaban J connectivity index is 2.40. The van der Waals surface area contributed by atoms with Crippen LogP contribution in [0.1, 0.15) is 19.8 Å². The number of amides is 1. The Hall–Kier alpha value is -1.62. The van der Waals surface area contributed by atoms with Gasteiger partial charge < -0.3 is 15.5 Å². The molecule has 0 saturated carbocycles. The van der Waals surface area contributed by atoms with Gasteiger partial charge in [-0.2, -0.15) is 0 Å². The maximum Gasteiger partial charge on any atom is 0.224 e. The Morgan fingerprint density at radius 1 is 1.39 bits per heavy atom. The highest BCUT2D eigenvalue weighted by Crippen LogP contribution is 2.09. The molecule has 5 heteroatoms. The van der Waals surface area contributed by atoms with Crippen molar-refractivity contribution in [3.05, 3.63) is 18.3 Å². The van der Waals surface area contributed by atoms with Crippen molar-refractivity contribution in [2.24, 2.45) is 0 Å². The maximum absolute atomic E-state index is 11.4. The van der Waals surface area contributed by atoms with Gasteiger partial charge >= 0.3 is 0 Å². The average molecular weight is 250 g/mol. The molecule has 0 aliphatic rings. The molecule has 1 amide bonds. The lowest BCUT2D eigenvalue weighted by molar-refractivity contribution is -0.116. The summed E-state index contributed by atoms with van der Waals surface area (Å²) in [5.74, 6) is 0.859. The molecule has 0 aliphatic heterocycles. The molecule has 0 saturated heterocycles. The molecule has 0 aromatic carbocycles. The summed E-state index contributed by atoms with van der Waals surface area (Å²) >= 11 is 0. The minimum Gasteiger partial charge on any atom is -0.369 e. The SMILES string of the molecule is CCCC(=O)Nc1ccc(NCCN(C)C)nc1. The molecule has 0 radical (unpaired) electrons. The van der Waals surface area contributed by atoms with Crippen molar-refractivity contribution in [2.45, 2.75) is 19.8 Å². The highest BCUT2D eigenvalue weighted by Gasteiger charge is 2.01. The van der Waals surface area contributed by atoms with E-state index in [-0.39, 0.29) is 5.91 Å². The second kappa shape index (κ2) is 7.66. The molecule has 0 fully saturated rings. The number of hydrogen-bond donors (Lipinski definition) is 2. The van der Waals surface area contributed by atoms with Gasteiger partial charge in [0.05, 0.1) is 11.9 Å². The molecule has 0 aliphatic carbocycles. The topological polar surface area (TPSA) is 57.3 Å². The first kappa shape index (κ1) is 14.4. The number of nitrogens with one attached hydrogen (secondary N) is 2. The van der Waals surface area contributed by atoms with E-state index in [9.17, 15) is 4.79 Å². The summed E-state index contributed by atoms with van der Waals surface area (Å²) in [5, 5.41) is 6.02. The molecule has 5 nitrogen and oxygen atoms in total.